The van der Waals surface area contributed by atoms with Crippen LogP contribution in [0.3, 0.4) is 0 Å². The van der Waals surface area contributed by atoms with Crippen LogP contribution in [0.4, 0.5) is 0 Å². The normalized spacial score (nSPS) is 10.4. The maximum absolute atomic E-state index is 11.2. The molecule has 20 heavy (non-hydrogen) atoms. The van der Waals surface area contributed by atoms with Crippen molar-refractivity contribution in [3.63, 3.8) is 0 Å². The van der Waals surface area contributed by atoms with Crippen LogP contribution < -0.4 is 5.32 Å². The molecule has 5 heteroatoms. The van der Waals surface area contributed by atoms with Gasteiger partial charge in [0, 0.05) is 31.2 Å². The predicted octanol–water partition coefficient (Wildman–Crippen LogP) is 1.92. The van der Waals surface area contributed by atoms with Crippen molar-refractivity contribution < 1.29 is 9.53 Å². The summed E-state index contributed by atoms with van der Waals surface area (Å²) in [4.78, 5) is 15.2. The Balaban J connectivity index is 1.75. The van der Waals surface area contributed by atoms with E-state index in [-0.39, 0.29) is 5.97 Å². The van der Waals surface area contributed by atoms with Gasteiger partial charge in [0.15, 0.2) is 0 Å². The zero-order valence-corrected chi connectivity index (χ0v) is 11.6. The summed E-state index contributed by atoms with van der Waals surface area (Å²) in [6, 6.07) is 8.22. The van der Waals surface area contributed by atoms with E-state index in [0.717, 1.165) is 12.2 Å². The molecule has 1 aromatic heterocycles. The fourth-order valence-corrected chi connectivity index (χ4v) is 1.85. The van der Waals surface area contributed by atoms with Crippen molar-refractivity contribution in [3.8, 4) is 5.69 Å². The first kappa shape index (κ1) is 14.3. The number of rotatable bonds is 7. The molecule has 0 saturated heterocycles. The molecule has 0 aliphatic heterocycles. The second-order valence-electron chi connectivity index (χ2n) is 4.37. The Morgan fingerprint density at radius 3 is 2.80 bits per heavy atom. The number of benzene rings is 1. The van der Waals surface area contributed by atoms with Gasteiger partial charge in [-0.05, 0) is 24.6 Å². The van der Waals surface area contributed by atoms with Gasteiger partial charge in [0.25, 0.3) is 0 Å². The van der Waals surface area contributed by atoms with E-state index in [2.05, 4.69) is 22.4 Å². The van der Waals surface area contributed by atoms with Gasteiger partial charge in [-0.15, -0.1) is 0 Å². The van der Waals surface area contributed by atoms with E-state index in [0.29, 0.717) is 19.6 Å². The summed E-state index contributed by atoms with van der Waals surface area (Å²) >= 11 is 0. The van der Waals surface area contributed by atoms with Crippen LogP contribution in [0.1, 0.15) is 18.9 Å². The lowest BCUT2D eigenvalue weighted by molar-refractivity contribution is -0.142. The number of nitrogens with one attached hydrogen (secondary N) is 1. The third-order valence-corrected chi connectivity index (χ3v) is 2.88. The third-order valence-electron chi connectivity index (χ3n) is 2.88. The molecule has 0 aliphatic rings. The Hall–Kier alpha value is -2.14. The predicted molar refractivity (Wildman–Crippen MR) is 76.5 cm³/mol. The van der Waals surface area contributed by atoms with Crippen LogP contribution in [-0.2, 0) is 16.1 Å². The first-order chi connectivity index (χ1) is 9.79. The summed E-state index contributed by atoms with van der Waals surface area (Å²) in [6.45, 7) is 3.62. The molecule has 0 bridgehead atoms. The van der Waals surface area contributed by atoms with Gasteiger partial charge < -0.3 is 14.6 Å². The maximum atomic E-state index is 11.2. The lowest BCUT2D eigenvalue weighted by Crippen LogP contribution is -2.19. The van der Waals surface area contributed by atoms with Crippen LogP contribution in [-0.4, -0.2) is 28.7 Å². The maximum Gasteiger partial charge on any atom is 0.307 e. The number of carbonyl (C=O) groups excluding carboxylic acids is 1. The molecule has 0 spiro atoms. The van der Waals surface area contributed by atoms with Crippen LogP contribution in [0.25, 0.3) is 5.69 Å². The van der Waals surface area contributed by atoms with Crippen LogP contribution >= 0.6 is 0 Å². The molecule has 0 aliphatic carbocycles. The molecular weight excluding hydrogens is 254 g/mol. The number of ether oxygens (including phenoxy) is 1. The molecule has 0 fully saturated rings. The molecule has 1 N–H and O–H groups in total. The van der Waals surface area contributed by atoms with Crippen molar-refractivity contribution in [3.05, 3.63) is 48.5 Å². The minimum atomic E-state index is -0.157. The van der Waals surface area contributed by atoms with Crippen LogP contribution in [0, 0.1) is 0 Å². The van der Waals surface area contributed by atoms with E-state index in [1.165, 1.54) is 5.56 Å². The smallest absolute Gasteiger partial charge is 0.307 e. The van der Waals surface area contributed by atoms with Gasteiger partial charge >= 0.3 is 5.97 Å². The molecule has 1 heterocycles. The second-order valence-corrected chi connectivity index (χ2v) is 4.37. The minimum absolute atomic E-state index is 0.157. The van der Waals surface area contributed by atoms with Crippen molar-refractivity contribution in [2.45, 2.75) is 19.9 Å². The highest BCUT2D eigenvalue weighted by atomic mass is 16.5. The molecule has 0 amide bonds. The SMILES string of the molecule is CCOC(=O)CCNCc1ccc(-n2ccnc2)cc1. The fourth-order valence-electron chi connectivity index (χ4n) is 1.85. The van der Waals surface area contributed by atoms with Gasteiger partial charge in [0.1, 0.15) is 0 Å². The van der Waals surface area contributed by atoms with Gasteiger partial charge in [-0.25, -0.2) is 4.98 Å². The van der Waals surface area contributed by atoms with Crippen molar-refractivity contribution in [2.75, 3.05) is 13.2 Å². The number of esters is 1. The Morgan fingerprint density at radius 1 is 1.35 bits per heavy atom. The van der Waals surface area contributed by atoms with Crippen LogP contribution in [0.15, 0.2) is 43.0 Å². The van der Waals surface area contributed by atoms with E-state index in [4.69, 9.17) is 4.74 Å². The van der Waals surface area contributed by atoms with E-state index in [1.807, 2.05) is 29.8 Å². The molecular formula is C15H19N3O2. The minimum Gasteiger partial charge on any atom is -0.466 e. The topological polar surface area (TPSA) is 56.1 Å². The molecule has 0 radical (unpaired) electrons. The number of aromatic nitrogens is 2. The van der Waals surface area contributed by atoms with Crippen molar-refractivity contribution >= 4 is 5.97 Å². The summed E-state index contributed by atoms with van der Waals surface area (Å²) < 4.78 is 6.82. The van der Waals surface area contributed by atoms with Gasteiger partial charge in [-0.3, -0.25) is 4.79 Å². The van der Waals surface area contributed by atoms with E-state index in [9.17, 15) is 4.79 Å². The summed E-state index contributed by atoms with van der Waals surface area (Å²) in [5, 5.41) is 3.23. The van der Waals surface area contributed by atoms with Gasteiger partial charge in [-0.2, -0.15) is 0 Å². The highest BCUT2D eigenvalue weighted by molar-refractivity contribution is 5.69. The highest BCUT2D eigenvalue weighted by Crippen LogP contribution is 2.09. The van der Waals surface area contributed by atoms with Crippen molar-refractivity contribution in [1.82, 2.24) is 14.9 Å². The zero-order chi connectivity index (χ0) is 14.2. The molecule has 1 aromatic carbocycles. The first-order valence-corrected chi connectivity index (χ1v) is 6.73. The summed E-state index contributed by atoms with van der Waals surface area (Å²) in [5.41, 5.74) is 2.26. The average molecular weight is 273 g/mol. The van der Waals surface area contributed by atoms with Crippen LogP contribution in [0.5, 0.6) is 0 Å². The van der Waals surface area contributed by atoms with Crippen molar-refractivity contribution in [2.24, 2.45) is 0 Å². The van der Waals surface area contributed by atoms with Crippen molar-refractivity contribution in [1.29, 1.82) is 0 Å². The lowest BCUT2D eigenvalue weighted by Gasteiger charge is -2.06. The molecule has 5 nitrogen and oxygen atoms in total. The number of hydrogen-bond donors (Lipinski definition) is 1. The number of hydrogen-bond acceptors (Lipinski definition) is 4. The Labute approximate surface area is 118 Å². The molecule has 0 saturated carbocycles. The number of imidazole rings is 1. The summed E-state index contributed by atoms with van der Waals surface area (Å²) in [6.07, 6.45) is 5.84. The first-order valence-electron chi connectivity index (χ1n) is 6.73. The molecule has 106 valence electrons. The third kappa shape index (κ3) is 4.20. The molecule has 2 aromatic rings. The average Bonchev–Trinajstić information content (AvgIpc) is 2.99. The second kappa shape index (κ2) is 7.45. The standard InChI is InChI=1S/C15H19N3O2/c1-2-20-15(19)7-8-16-11-13-3-5-14(6-4-13)18-10-9-17-12-18/h3-6,9-10,12,16H,2,7-8,11H2,1H3. The van der Waals surface area contributed by atoms with Crippen LogP contribution in [0.2, 0.25) is 0 Å². The zero-order valence-electron chi connectivity index (χ0n) is 11.6. The quantitative estimate of drug-likeness (QED) is 0.618. The monoisotopic (exact) mass is 273 g/mol. The molecule has 2 rings (SSSR count). The van der Waals surface area contributed by atoms with E-state index in [1.54, 1.807) is 12.5 Å². The fraction of sp³-hybridized carbons (Fsp3) is 0.333. The summed E-state index contributed by atoms with van der Waals surface area (Å²) in [7, 11) is 0. The summed E-state index contributed by atoms with van der Waals surface area (Å²) in [5.74, 6) is -0.157. The van der Waals surface area contributed by atoms with E-state index >= 15 is 0 Å². The Morgan fingerprint density at radius 2 is 2.15 bits per heavy atom. The van der Waals surface area contributed by atoms with Gasteiger partial charge in [0.05, 0.1) is 19.4 Å². The van der Waals surface area contributed by atoms with E-state index < -0.39 is 0 Å². The Kier molecular flexibility index (Phi) is 5.32. The molecule has 0 atom stereocenters. The number of carbonyl (C=O) groups is 1. The van der Waals surface area contributed by atoms with Gasteiger partial charge in [-0.1, -0.05) is 12.1 Å². The van der Waals surface area contributed by atoms with Gasteiger partial charge in [0.2, 0.25) is 0 Å². The highest BCUT2D eigenvalue weighted by Gasteiger charge is 2.01. The number of nitrogens with zero attached hydrogens (tertiary/aromatic N) is 2. The largest absolute Gasteiger partial charge is 0.466 e. The molecule has 0 unspecified atom stereocenters. The Bertz CT molecular complexity index is 521. The lowest BCUT2D eigenvalue weighted by atomic mass is 10.2.